The predicted molar refractivity (Wildman–Crippen MR) is 114 cm³/mol. The Morgan fingerprint density at radius 1 is 0.600 bits per heavy atom. The Labute approximate surface area is 158 Å². The van der Waals surface area contributed by atoms with Crippen molar-refractivity contribution in [3.05, 3.63) is 12.2 Å². The Bertz CT molecular complexity index is 258. The van der Waals surface area contributed by atoms with Crippen molar-refractivity contribution in [3.8, 4) is 0 Å². The molecule has 0 aliphatic rings. The van der Waals surface area contributed by atoms with Gasteiger partial charge < -0.3 is 11.5 Å². The van der Waals surface area contributed by atoms with Crippen molar-refractivity contribution in [1.29, 1.82) is 0 Å². The molecule has 0 heterocycles. The third kappa shape index (κ3) is 19.8. The molecule has 0 aromatic heterocycles. The van der Waals surface area contributed by atoms with E-state index in [4.69, 9.17) is 11.5 Å². The van der Waals surface area contributed by atoms with Crippen LogP contribution in [0, 0.1) is 0 Å². The molecule has 0 amide bonds. The monoisotopic (exact) mass is 353 g/mol. The molecule has 0 aromatic carbocycles. The Morgan fingerprint density at radius 3 is 1.56 bits per heavy atom. The highest BCUT2D eigenvalue weighted by atomic mass is 15.1. The van der Waals surface area contributed by atoms with Crippen molar-refractivity contribution in [1.82, 2.24) is 4.90 Å². The van der Waals surface area contributed by atoms with Gasteiger partial charge in [0.05, 0.1) is 0 Å². The third-order valence-electron chi connectivity index (χ3n) is 4.86. The predicted octanol–water partition coefficient (Wildman–Crippen LogP) is 5.24. The summed E-state index contributed by atoms with van der Waals surface area (Å²) in [6.07, 6.45) is 23.7. The van der Waals surface area contributed by atoms with Crippen LogP contribution < -0.4 is 11.5 Å². The highest BCUT2D eigenvalue weighted by molar-refractivity contribution is 4.85. The summed E-state index contributed by atoms with van der Waals surface area (Å²) in [5.74, 6) is 0. The summed E-state index contributed by atoms with van der Waals surface area (Å²) in [7, 11) is 0. The summed E-state index contributed by atoms with van der Waals surface area (Å²) < 4.78 is 0. The number of nitrogens with zero attached hydrogens (tertiary/aromatic N) is 1. The molecule has 0 rings (SSSR count). The fourth-order valence-electron chi connectivity index (χ4n) is 3.19. The van der Waals surface area contributed by atoms with E-state index in [1.807, 2.05) is 0 Å². The van der Waals surface area contributed by atoms with E-state index >= 15 is 0 Å². The van der Waals surface area contributed by atoms with Gasteiger partial charge in [-0.05, 0) is 51.9 Å². The largest absolute Gasteiger partial charge is 0.330 e. The highest BCUT2D eigenvalue weighted by Gasteiger charge is 2.01. The van der Waals surface area contributed by atoms with Crippen molar-refractivity contribution < 1.29 is 0 Å². The number of rotatable bonds is 20. The minimum absolute atomic E-state index is 0.779. The van der Waals surface area contributed by atoms with Crippen LogP contribution in [0.5, 0.6) is 0 Å². The summed E-state index contributed by atoms with van der Waals surface area (Å²) in [5.41, 5.74) is 11.2. The summed E-state index contributed by atoms with van der Waals surface area (Å²) in [6.45, 7) is 7.09. The van der Waals surface area contributed by atoms with Gasteiger partial charge in [-0.25, -0.2) is 0 Å². The topological polar surface area (TPSA) is 55.3 Å². The molecule has 0 aliphatic heterocycles. The standard InChI is InChI=1S/C22H47N3/c1-2-3-4-5-6-7-8-9-10-11-12-13-14-15-20-25(21-16-18-23)22-17-19-24/h14-15H,2-13,16-24H2,1H3/b15-14+. The Balaban J connectivity index is 3.40. The third-order valence-corrected chi connectivity index (χ3v) is 4.86. The van der Waals surface area contributed by atoms with Gasteiger partial charge in [0.2, 0.25) is 0 Å². The lowest BCUT2D eigenvalue weighted by molar-refractivity contribution is 0.298. The van der Waals surface area contributed by atoms with E-state index in [2.05, 4.69) is 24.0 Å². The molecule has 0 bridgehead atoms. The number of hydrogen-bond donors (Lipinski definition) is 2. The average Bonchev–Trinajstić information content (AvgIpc) is 2.63. The molecule has 0 radical (unpaired) electrons. The number of hydrogen-bond acceptors (Lipinski definition) is 3. The van der Waals surface area contributed by atoms with Gasteiger partial charge in [0.15, 0.2) is 0 Å². The first-order valence-corrected chi connectivity index (χ1v) is 11.1. The van der Waals surface area contributed by atoms with Gasteiger partial charge in [-0.1, -0.05) is 83.3 Å². The van der Waals surface area contributed by atoms with Crippen LogP contribution in [0.15, 0.2) is 12.2 Å². The fourth-order valence-corrected chi connectivity index (χ4v) is 3.19. The average molecular weight is 354 g/mol. The van der Waals surface area contributed by atoms with E-state index in [0.29, 0.717) is 0 Å². The number of allylic oxidation sites excluding steroid dienone is 1. The maximum absolute atomic E-state index is 5.62. The summed E-state index contributed by atoms with van der Waals surface area (Å²) in [4.78, 5) is 2.47. The zero-order valence-corrected chi connectivity index (χ0v) is 17.2. The molecule has 0 atom stereocenters. The molecule has 0 aromatic rings. The lowest BCUT2D eigenvalue weighted by Gasteiger charge is -2.19. The smallest absolute Gasteiger partial charge is 0.0163 e. The molecule has 0 spiro atoms. The maximum atomic E-state index is 5.62. The van der Waals surface area contributed by atoms with Crippen LogP contribution in [0.2, 0.25) is 0 Å². The Kier molecular flexibility index (Phi) is 21.3. The molecule has 4 N–H and O–H groups in total. The molecule has 0 fully saturated rings. The number of nitrogens with two attached hydrogens (primary N) is 2. The zero-order chi connectivity index (χ0) is 18.4. The molecule has 0 aliphatic carbocycles. The fraction of sp³-hybridized carbons (Fsp3) is 0.909. The van der Waals surface area contributed by atoms with E-state index in [-0.39, 0.29) is 0 Å². The molecular formula is C22H47N3. The lowest BCUT2D eigenvalue weighted by Crippen LogP contribution is -2.29. The van der Waals surface area contributed by atoms with Crippen LogP contribution >= 0.6 is 0 Å². The van der Waals surface area contributed by atoms with Gasteiger partial charge >= 0.3 is 0 Å². The molecule has 150 valence electrons. The zero-order valence-electron chi connectivity index (χ0n) is 17.2. The van der Waals surface area contributed by atoms with E-state index in [9.17, 15) is 0 Å². The maximum Gasteiger partial charge on any atom is 0.0163 e. The molecule has 3 nitrogen and oxygen atoms in total. The first-order chi connectivity index (χ1) is 12.3. The van der Waals surface area contributed by atoms with Crippen molar-refractivity contribution >= 4 is 0 Å². The van der Waals surface area contributed by atoms with Gasteiger partial charge in [0.25, 0.3) is 0 Å². The van der Waals surface area contributed by atoms with Crippen molar-refractivity contribution in [3.63, 3.8) is 0 Å². The van der Waals surface area contributed by atoms with Gasteiger partial charge in [-0.3, -0.25) is 4.90 Å². The van der Waals surface area contributed by atoms with Crippen molar-refractivity contribution in [2.45, 2.75) is 96.8 Å². The lowest BCUT2D eigenvalue weighted by atomic mass is 10.1. The van der Waals surface area contributed by atoms with Crippen LogP contribution in [-0.4, -0.2) is 37.6 Å². The molecule has 0 saturated heterocycles. The van der Waals surface area contributed by atoms with E-state index in [0.717, 1.165) is 45.6 Å². The minimum atomic E-state index is 0.779. The number of unbranched alkanes of at least 4 members (excludes halogenated alkanes) is 11. The van der Waals surface area contributed by atoms with Gasteiger partial charge in [0, 0.05) is 6.54 Å². The van der Waals surface area contributed by atoms with Crippen LogP contribution in [0.4, 0.5) is 0 Å². The van der Waals surface area contributed by atoms with E-state index < -0.39 is 0 Å². The van der Waals surface area contributed by atoms with E-state index in [1.165, 1.54) is 77.0 Å². The van der Waals surface area contributed by atoms with Crippen molar-refractivity contribution in [2.24, 2.45) is 11.5 Å². The SMILES string of the molecule is CCCCCCCCCCCCC/C=C/CN(CCCN)CCCN. The van der Waals surface area contributed by atoms with Crippen LogP contribution in [0.1, 0.15) is 96.8 Å². The molecule has 3 heteroatoms. The van der Waals surface area contributed by atoms with Crippen LogP contribution in [0.25, 0.3) is 0 Å². The normalized spacial score (nSPS) is 11.8. The summed E-state index contributed by atoms with van der Waals surface area (Å²) >= 11 is 0. The quantitative estimate of drug-likeness (QED) is 0.232. The minimum Gasteiger partial charge on any atom is -0.330 e. The highest BCUT2D eigenvalue weighted by Crippen LogP contribution is 2.12. The Morgan fingerprint density at radius 2 is 1.08 bits per heavy atom. The van der Waals surface area contributed by atoms with E-state index in [1.54, 1.807) is 0 Å². The second-order valence-electron chi connectivity index (χ2n) is 7.38. The summed E-state index contributed by atoms with van der Waals surface area (Å²) in [6, 6.07) is 0. The van der Waals surface area contributed by atoms with Crippen molar-refractivity contribution in [2.75, 3.05) is 32.7 Å². The van der Waals surface area contributed by atoms with Crippen LogP contribution in [0.3, 0.4) is 0 Å². The molecule has 25 heavy (non-hydrogen) atoms. The second kappa shape index (κ2) is 21.7. The second-order valence-corrected chi connectivity index (χ2v) is 7.38. The van der Waals surface area contributed by atoms with Gasteiger partial charge in [0.1, 0.15) is 0 Å². The van der Waals surface area contributed by atoms with Gasteiger partial charge in [-0.15, -0.1) is 0 Å². The van der Waals surface area contributed by atoms with Gasteiger partial charge in [-0.2, -0.15) is 0 Å². The molecular weight excluding hydrogens is 306 g/mol. The molecule has 0 saturated carbocycles. The molecule has 0 unspecified atom stereocenters. The van der Waals surface area contributed by atoms with Crippen LogP contribution in [-0.2, 0) is 0 Å². The summed E-state index contributed by atoms with van der Waals surface area (Å²) in [5, 5.41) is 0. The first kappa shape index (κ1) is 24.6. The Hall–Kier alpha value is -0.380. The first-order valence-electron chi connectivity index (χ1n) is 11.1.